The predicted octanol–water partition coefficient (Wildman–Crippen LogP) is 2.67. The van der Waals surface area contributed by atoms with Gasteiger partial charge in [-0.1, -0.05) is 12.5 Å². The van der Waals surface area contributed by atoms with Crippen molar-refractivity contribution in [2.24, 2.45) is 24.3 Å². The topological polar surface area (TPSA) is 49.7 Å². The third-order valence-corrected chi connectivity index (χ3v) is 2.95. The summed E-state index contributed by atoms with van der Waals surface area (Å²) in [5.74, 6) is 0.705. The molecule has 6 heteroatoms. The first-order valence-corrected chi connectivity index (χ1v) is 6.06. The molecule has 1 aromatic heterocycles. The predicted molar refractivity (Wildman–Crippen MR) is 80.8 cm³/mol. The maximum atomic E-state index is 4.30. The van der Waals surface area contributed by atoms with Crippen molar-refractivity contribution in [3.63, 3.8) is 0 Å². The number of aromatic nitrogens is 3. The van der Waals surface area contributed by atoms with E-state index in [1.54, 1.807) is 11.0 Å². The molecule has 108 valence electrons. The average Bonchev–Trinajstić information content (AvgIpc) is 2.68. The summed E-state index contributed by atoms with van der Waals surface area (Å²) < 4.78 is 3.51. The maximum absolute atomic E-state index is 4.30. The smallest absolute Gasteiger partial charge is 0.378 e. The van der Waals surface area contributed by atoms with Gasteiger partial charge in [-0.3, -0.25) is 0 Å². The number of benzene rings is 1. The summed E-state index contributed by atoms with van der Waals surface area (Å²) in [5.41, 5.74) is 3.12. The van der Waals surface area contributed by atoms with Crippen molar-refractivity contribution in [3.05, 3.63) is 30.1 Å². The van der Waals surface area contributed by atoms with Crippen molar-refractivity contribution < 1.29 is 4.57 Å². The van der Waals surface area contributed by atoms with Crippen LogP contribution in [0, 0.1) is 6.92 Å². The van der Waals surface area contributed by atoms with Crippen LogP contribution in [0.15, 0.2) is 34.8 Å². The molecule has 0 amide bonds. The quantitative estimate of drug-likeness (QED) is 0.638. The number of nitrogens with zero attached hydrogens (tertiary/aromatic N) is 6. The first-order valence-electron chi connectivity index (χ1n) is 6.06. The van der Waals surface area contributed by atoms with E-state index in [1.165, 1.54) is 0 Å². The van der Waals surface area contributed by atoms with Gasteiger partial charge in [0.05, 0.1) is 14.1 Å². The zero-order chi connectivity index (χ0) is 14.0. The van der Waals surface area contributed by atoms with Crippen LogP contribution in [-0.2, 0) is 14.1 Å². The highest BCUT2D eigenvalue weighted by molar-refractivity contribution is 5.56. The minimum atomic E-state index is 0. The fourth-order valence-corrected chi connectivity index (χ4v) is 1.75. The number of hydrogen-bond donors (Lipinski definition) is 0. The van der Waals surface area contributed by atoms with Gasteiger partial charge in [0, 0.05) is 24.9 Å². The largest absolute Gasteiger partial charge is 0.403 e. The Bertz CT molecular complexity index is 593. The number of rotatable bonds is 3. The van der Waals surface area contributed by atoms with Gasteiger partial charge in [-0.2, -0.15) is 0 Å². The molecule has 0 N–H and O–H groups in total. The van der Waals surface area contributed by atoms with Crippen LogP contribution in [0.5, 0.6) is 0 Å². The lowest BCUT2D eigenvalue weighted by Gasteiger charge is -2.13. The zero-order valence-corrected chi connectivity index (χ0v) is 12.0. The van der Waals surface area contributed by atoms with E-state index < -0.39 is 0 Å². The van der Waals surface area contributed by atoms with E-state index >= 15 is 0 Å². The summed E-state index contributed by atoms with van der Waals surface area (Å²) in [5, 5.41) is 12.6. The lowest BCUT2D eigenvalue weighted by Crippen LogP contribution is -2.25. The fraction of sp³-hybridized carbons (Fsp3) is 0.429. The van der Waals surface area contributed by atoms with E-state index in [0.717, 1.165) is 16.9 Å². The van der Waals surface area contributed by atoms with Crippen molar-refractivity contribution in [2.45, 2.75) is 14.4 Å². The molecule has 0 saturated carbocycles. The van der Waals surface area contributed by atoms with Crippen LogP contribution < -0.4 is 9.47 Å². The third kappa shape index (κ3) is 3.20. The Hall–Kier alpha value is -2.24. The molecule has 0 atom stereocenters. The van der Waals surface area contributed by atoms with Crippen LogP contribution in [0.2, 0.25) is 0 Å². The molecule has 0 radical (unpaired) electrons. The molecule has 0 fully saturated rings. The van der Waals surface area contributed by atoms with Crippen LogP contribution in [0.3, 0.4) is 0 Å². The highest BCUT2D eigenvalue weighted by Gasteiger charge is 2.11. The minimum Gasteiger partial charge on any atom is -0.378 e. The highest BCUT2D eigenvalue weighted by atomic mass is 15.4. The second-order valence-electron chi connectivity index (χ2n) is 4.73. The Balaban J connectivity index is 0.00000200. The van der Waals surface area contributed by atoms with Crippen LogP contribution >= 0.6 is 0 Å². The van der Waals surface area contributed by atoms with E-state index in [4.69, 9.17) is 0 Å². The standard InChI is InChI=1S/C13H19N6.CH4/c1-10-8-11(17(2)3)6-7-12(10)15-16-13-18(4)9-14-19(13)5;/h6-9H,1-5H3;1H4/q+1;. The number of azo groups is 1. The van der Waals surface area contributed by atoms with Gasteiger partial charge in [-0.25, -0.2) is 4.57 Å². The molecular formula is C14H23N6+. The Morgan fingerprint density at radius 2 is 1.95 bits per heavy atom. The summed E-state index contributed by atoms with van der Waals surface area (Å²) in [7, 11) is 7.77. The second-order valence-corrected chi connectivity index (χ2v) is 4.73. The van der Waals surface area contributed by atoms with Crippen LogP contribution in [-0.4, -0.2) is 23.9 Å². The van der Waals surface area contributed by atoms with Gasteiger partial charge in [-0.05, 0) is 35.8 Å². The average molecular weight is 275 g/mol. The van der Waals surface area contributed by atoms with Crippen LogP contribution in [0.25, 0.3) is 0 Å². The molecule has 1 aromatic carbocycles. The molecule has 1 heterocycles. The van der Waals surface area contributed by atoms with E-state index in [2.05, 4.69) is 26.3 Å². The summed E-state index contributed by atoms with van der Waals surface area (Å²) in [6.07, 6.45) is 1.70. The van der Waals surface area contributed by atoms with Crippen LogP contribution in [0.1, 0.15) is 13.0 Å². The lowest BCUT2D eigenvalue weighted by molar-refractivity contribution is -0.659. The Morgan fingerprint density at radius 1 is 1.25 bits per heavy atom. The third-order valence-electron chi connectivity index (χ3n) is 2.95. The minimum absolute atomic E-state index is 0. The van der Waals surface area contributed by atoms with Gasteiger partial charge in [0.15, 0.2) is 0 Å². The molecule has 0 spiro atoms. The van der Waals surface area contributed by atoms with Crippen molar-refractivity contribution in [1.29, 1.82) is 0 Å². The summed E-state index contributed by atoms with van der Waals surface area (Å²) in [6, 6.07) is 6.10. The molecule has 0 bridgehead atoms. The van der Waals surface area contributed by atoms with Gasteiger partial charge in [-0.15, -0.1) is 4.68 Å². The van der Waals surface area contributed by atoms with Crippen LogP contribution in [0.4, 0.5) is 17.3 Å². The van der Waals surface area contributed by atoms with Crippen molar-refractivity contribution in [2.75, 3.05) is 19.0 Å². The lowest BCUT2D eigenvalue weighted by atomic mass is 10.2. The van der Waals surface area contributed by atoms with Crippen molar-refractivity contribution in [3.8, 4) is 0 Å². The SMILES string of the molecule is C.Cc1cc(N(C)C)ccc1N=Nc1n(C)nc[n+]1C. The fourth-order valence-electron chi connectivity index (χ4n) is 1.75. The molecule has 0 saturated heterocycles. The number of hydrogen-bond acceptors (Lipinski definition) is 4. The molecule has 6 nitrogen and oxygen atoms in total. The van der Waals surface area contributed by atoms with Crippen molar-refractivity contribution >= 4 is 17.3 Å². The van der Waals surface area contributed by atoms with E-state index in [9.17, 15) is 0 Å². The van der Waals surface area contributed by atoms with E-state index in [1.807, 2.05) is 51.8 Å². The molecular weight excluding hydrogens is 252 g/mol. The normalized spacial score (nSPS) is 10.7. The molecule has 2 aromatic rings. The number of anilines is 1. The zero-order valence-electron chi connectivity index (χ0n) is 12.0. The molecule has 2 rings (SSSR count). The first-order chi connectivity index (χ1) is 8.99. The Kier molecular flexibility index (Phi) is 4.96. The van der Waals surface area contributed by atoms with Gasteiger partial charge in [0.25, 0.3) is 0 Å². The summed E-state index contributed by atoms with van der Waals surface area (Å²) in [6.45, 7) is 2.03. The van der Waals surface area contributed by atoms with Crippen molar-refractivity contribution in [1.82, 2.24) is 9.78 Å². The molecule has 0 aliphatic heterocycles. The molecule has 0 aliphatic carbocycles. The van der Waals surface area contributed by atoms with E-state index in [-0.39, 0.29) is 7.43 Å². The van der Waals surface area contributed by atoms with E-state index in [0.29, 0.717) is 5.95 Å². The highest BCUT2D eigenvalue weighted by Crippen LogP contribution is 2.24. The van der Waals surface area contributed by atoms with Gasteiger partial charge < -0.3 is 4.90 Å². The number of aryl methyl sites for hydroxylation is 3. The maximum Gasteiger partial charge on any atom is 0.403 e. The summed E-state index contributed by atoms with van der Waals surface area (Å²) in [4.78, 5) is 2.06. The molecule has 20 heavy (non-hydrogen) atoms. The van der Waals surface area contributed by atoms with Gasteiger partial charge in [0.2, 0.25) is 6.33 Å². The Morgan fingerprint density at radius 3 is 2.45 bits per heavy atom. The summed E-state index contributed by atoms with van der Waals surface area (Å²) >= 11 is 0. The molecule has 0 unspecified atom stereocenters. The van der Waals surface area contributed by atoms with Gasteiger partial charge in [0.1, 0.15) is 5.69 Å². The monoisotopic (exact) mass is 275 g/mol. The second kappa shape index (κ2) is 6.27. The first kappa shape index (κ1) is 15.8. The molecule has 0 aliphatic rings. The Labute approximate surface area is 120 Å². The van der Waals surface area contributed by atoms with Gasteiger partial charge >= 0.3 is 5.95 Å².